The predicted molar refractivity (Wildman–Crippen MR) is 86.0 cm³/mol. The van der Waals surface area contributed by atoms with E-state index in [0.29, 0.717) is 24.2 Å². The molecule has 0 aliphatic rings. The molecule has 3 rings (SSSR count). The van der Waals surface area contributed by atoms with Crippen molar-refractivity contribution in [3.05, 3.63) is 58.9 Å². The Kier molecular flexibility index (Phi) is 4.41. The van der Waals surface area contributed by atoms with Gasteiger partial charge in [-0.15, -0.1) is 0 Å². The molecule has 1 amide bonds. The predicted octanol–water partition coefficient (Wildman–Crippen LogP) is 2.79. The molecule has 1 aromatic carbocycles. The summed E-state index contributed by atoms with van der Waals surface area (Å²) in [6, 6.07) is 7.46. The minimum atomic E-state index is -0.368. The van der Waals surface area contributed by atoms with Gasteiger partial charge in [-0.05, 0) is 38.0 Å². The topological polar surface area (TPSA) is 83.8 Å². The van der Waals surface area contributed by atoms with Crippen LogP contribution in [0.25, 0.3) is 11.3 Å². The van der Waals surface area contributed by atoms with E-state index >= 15 is 0 Å². The first-order valence-corrected chi connectivity index (χ1v) is 7.56. The Labute approximate surface area is 138 Å². The first-order valence-electron chi connectivity index (χ1n) is 7.56. The van der Waals surface area contributed by atoms with Crippen LogP contribution < -0.4 is 5.32 Å². The lowest BCUT2D eigenvalue weighted by Gasteiger charge is -2.03. The Morgan fingerprint density at radius 3 is 2.88 bits per heavy atom. The number of aromatic amines is 1. The quantitative estimate of drug-likeness (QED) is 0.754. The van der Waals surface area contributed by atoms with E-state index in [1.165, 1.54) is 18.2 Å². The van der Waals surface area contributed by atoms with Crippen LogP contribution in [0.1, 0.15) is 27.5 Å². The summed E-state index contributed by atoms with van der Waals surface area (Å²) in [4.78, 5) is 12.1. The van der Waals surface area contributed by atoms with Crippen LogP contribution in [-0.2, 0) is 6.42 Å². The summed E-state index contributed by atoms with van der Waals surface area (Å²) in [6.45, 7) is 4.32. The van der Waals surface area contributed by atoms with Gasteiger partial charge >= 0.3 is 0 Å². The highest BCUT2D eigenvalue weighted by atomic mass is 19.1. The Bertz CT molecular complexity index is 850. The second-order valence-electron chi connectivity index (χ2n) is 5.51. The van der Waals surface area contributed by atoms with Crippen molar-refractivity contribution in [2.24, 2.45) is 0 Å². The maximum atomic E-state index is 13.2. The molecule has 7 heteroatoms. The number of nitrogens with one attached hydrogen (secondary N) is 2. The van der Waals surface area contributed by atoms with Crippen molar-refractivity contribution in [2.75, 3.05) is 6.54 Å². The fraction of sp³-hybridized carbons (Fsp3) is 0.235. The van der Waals surface area contributed by atoms with Crippen molar-refractivity contribution in [1.29, 1.82) is 0 Å². The molecule has 0 aliphatic carbocycles. The Morgan fingerprint density at radius 2 is 2.17 bits per heavy atom. The number of halogens is 1. The van der Waals surface area contributed by atoms with E-state index in [1.807, 2.05) is 13.8 Å². The summed E-state index contributed by atoms with van der Waals surface area (Å²) < 4.78 is 18.3. The first kappa shape index (κ1) is 15.9. The van der Waals surface area contributed by atoms with Gasteiger partial charge in [-0.3, -0.25) is 9.89 Å². The van der Waals surface area contributed by atoms with E-state index in [2.05, 4.69) is 20.7 Å². The van der Waals surface area contributed by atoms with Crippen LogP contribution in [-0.4, -0.2) is 27.8 Å². The smallest absolute Gasteiger partial charge is 0.289 e. The monoisotopic (exact) mass is 328 g/mol. The van der Waals surface area contributed by atoms with E-state index < -0.39 is 0 Å². The van der Waals surface area contributed by atoms with Gasteiger partial charge in [-0.25, -0.2) is 4.39 Å². The molecule has 2 heterocycles. The first-order chi connectivity index (χ1) is 11.5. The molecule has 2 aromatic heterocycles. The van der Waals surface area contributed by atoms with Crippen LogP contribution in [0.4, 0.5) is 4.39 Å². The minimum absolute atomic E-state index is 0.0925. The van der Waals surface area contributed by atoms with Gasteiger partial charge in [0.1, 0.15) is 11.5 Å². The average Bonchev–Trinajstić information content (AvgIpc) is 3.17. The minimum Gasteiger partial charge on any atom is -0.350 e. The largest absolute Gasteiger partial charge is 0.350 e. The number of H-pyrrole nitrogens is 1. The normalized spacial score (nSPS) is 10.8. The molecule has 124 valence electrons. The number of hydrogen-bond donors (Lipinski definition) is 2. The number of nitrogens with zero attached hydrogens (tertiary/aromatic N) is 2. The Hall–Kier alpha value is -2.96. The summed E-state index contributed by atoms with van der Waals surface area (Å²) in [5.74, 6) is -0.633. The van der Waals surface area contributed by atoms with Crippen molar-refractivity contribution in [3.63, 3.8) is 0 Å². The number of aromatic nitrogens is 3. The lowest BCUT2D eigenvalue weighted by Crippen LogP contribution is -2.25. The third-order valence-electron chi connectivity index (χ3n) is 3.80. The van der Waals surface area contributed by atoms with E-state index in [1.54, 1.807) is 12.1 Å². The number of carbonyl (C=O) groups is 1. The molecule has 0 radical (unpaired) electrons. The number of rotatable bonds is 5. The zero-order valence-corrected chi connectivity index (χ0v) is 13.4. The van der Waals surface area contributed by atoms with E-state index in [-0.39, 0.29) is 17.5 Å². The standard InChI is InChI=1S/C17H17FN4O2/c1-10-14(11(2)21-20-10)6-7-19-17(23)16-9-15(22-24-16)12-4-3-5-13(18)8-12/h3-5,8-9H,6-7H2,1-2H3,(H,19,23)(H,20,21). The van der Waals surface area contributed by atoms with Gasteiger partial charge in [-0.1, -0.05) is 17.3 Å². The molecule has 0 aliphatic heterocycles. The summed E-state index contributed by atoms with van der Waals surface area (Å²) in [5, 5.41) is 13.6. The van der Waals surface area contributed by atoms with Gasteiger partial charge in [0.2, 0.25) is 5.76 Å². The summed E-state index contributed by atoms with van der Waals surface area (Å²) in [5.41, 5.74) is 3.99. The summed E-state index contributed by atoms with van der Waals surface area (Å²) >= 11 is 0. The number of carbonyl (C=O) groups excluding carboxylic acids is 1. The molecule has 0 atom stereocenters. The molecule has 3 aromatic rings. The van der Waals surface area contributed by atoms with Crippen LogP contribution in [0.2, 0.25) is 0 Å². The number of benzene rings is 1. The number of aryl methyl sites for hydroxylation is 2. The lowest BCUT2D eigenvalue weighted by molar-refractivity contribution is 0.0917. The maximum absolute atomic E-state index is 13.2. The third kappa shape index (κ3) is 3.34. The highest BCUT2D eigenvalue weighted by molar-refractivity contribution is 5.92. The molecule has 24 heavy (non-hydrogen) atoms. The highest BCUT2D eigenvalue weighted by Gasteiger charge is 2.14. The molecule has 0 fully saturated rings. The molecule has 0 unspecified atom stereocenters. The summed E-state index contributed by atoms with van der Waals surface area (Å²) in [6.07, 6.45) is 0.671. The molecule has 0 spiro atoms. The van der Waals surface area contributed by atoms with Gasteiger partial charge in [0, 0.05) is 23.9 Å². The van der Waals surface area contributed by atoms with Crippen molar-refractivity contribution in [1.82, 2.24) is 20.7 Å². The number of amides is 1. The highest BCUT2D eigenvalue weighted by Crippen LogP contribution is 2.19. The molecule has 0 bridgehead atoms. The molecule has 0 saturated carbocycles. The zero-order chi connectivity index (χ0) is 17.1. The fourth-order valence-corrected chi connectivity index (χ4v) is 2.50. The van der Waals surface area contributed by atoms with Gasteiger partial charge in [0.25, 0.3) is 5.91 Å². The van der Waals surface area contributed by atoms with Crippen LogP contribution in [0.15, 0.2) is 34.9 Å². The van der Waals surface area contributed by atoms with Crippen molar-refractivity contribution in [3.8, 4) is 11.3 Å². The zero-order valence-electron chi connectivity index (χ0n) is 13.4. The second-order valence-corrected chi connectivity index (χ2v) is 5.51. The van der Waals surface area contributed by atoms with E-state index in [0.717, 1.165) is 17.0 Å². The van der Waals surface area contributed by atoms with Gasteiger partial charge in [0.05, 0.1) is 5.69 Å². The molecular weight excluding hydrogens is 311 g/mol. The molecule has 2 N–H and O–H groups in total. The third-order valence-corrected chi connectivity index (χ3v) is 3.80. The SMILES string of the molecule is Cc1n[nH]c(C)c1CCNC(=O)c1cc(-c2cccc(F)c2)no1. The van der Waals surface area contributed by atoms with Crippen molar-refractivity contribution < 1.29 is 13.7 Å². The number of hydrogen-bond acceptors (Lipinski definition) is 4. The summed E-state index contributed by atoms with van der Waals surface area (Å²) in [7, 11) is 0. The van der Waals surface area contributed by atoms with Crippen LogP contribution in [0.5, 0.6) is 0 Å². The van der Waals surface area contributed by atoms with Crippen molar-refractivity contribution >= 4 is 5.91 Å². The van der Waals surface area contributed by atoms with Crippen LogP contribution in [0.3, 0.4) is 0 Å². The van der Waals surface area contributed by atoms with Gasteiger partial charge in [-0.2, -0.15) is 5.10 Å². The molecular formula is C17H17FN4O2. The second kappa shape index (κ2) is 6.66. The average molecular weight is 328 g/mol. The Balaban J connectivity index is 1.62. The van der Waals surface area contributed by atoms with Crippen molar-refractivity contribution in [2.45, 2.75) is 20.3 Å². The molecule has 6 nitrogen and oxygen atoms in total. The van der Waals surface area contributed by atoms with E-state index in [9.17, 15) is 9.18 Å². The van der Waals surface area contributed by atoms with Crippen LogP contribution in [0, 0.1) is 19.7 Å². The maximum Gasteiger partial charge on any atom is 0.289 e. The van der Waals surface area contributed by atoms with E-state index in [4.69, 9.17) is 4.52 Å². The molecule has 0 saturated heterocycles. The van der Waals surface area contributed by atoms with Gasteiger partial charge in [0.15, 0.2) is 0 Å². The fourth-order valence-electron chi connectivity index (χ4n) is 2.50. The van der Waals surface area contributed by atoms with Gasteiger partial charge < -0.3 is 9.84 Å². The Morgan fingerprint density at radius 1 is 1.33 bits per heavy atom. The van der Waals surface area contributed by atoms with Crippen LogP contribution >= 0.6 is 0 Å². The lowest BCUT2D eigenvalue weighted by atomic mass is 10.1.